The number of piperidine rings is 1. The number of imide groups is 1. The van der Waals surface area contributed by atoms with Crippen molar-refractivity contribution in [3.05, 3.63) is 34.3 Å². The first-order valence-corrected chi connectivity index (χ1v) is 38.2. The molecule has 0 bridgehead atoms. The van der Waals surface area contributed by atoms with Gasteiger partial charge in [0.2, 0.25) is 65.0 Å². The van der Waals surface area contributed by atoms with Crippen LogP contribution in [0.2, 0.25) is 5.02 Å². The van der Waals surface area contributed by atoms with E-state index < -0.39 is 174 Å². The molecule has 0 aromatic heterocycles. The van der Waals surface area contributed by atoms with Crippen LogP contribution in [0.3, 0.4) is 0 Å². The van der Waals surface area contributed by atoms with E-state index in [4.69, 9.17) is 11.6 Å². The topological polar surface area (TPSA) is 290 Å². The van der Waals surface area contributed by atoms with Gasteiger partial charge >= 0.3 is 12.2 Å². The molecule has 14 amide bonds. The maximum Gasteiger partial charge on any atom is 0.417 e. The largest absolute Gasteiger partial charge is 0.417 e. The molecule has 0 radical (unpaired) electrons. The molecule has 6 rings (SSSR count). The Bertz CT molecular complexity index is 3240. The molecule has 1 aromatic carbocycles. The standard InChI is InChI=1S/C75H117ClF3N13O13/c1-14-49(4)64-70(102)86(9)46-62(96)84(7)47-63(97)88(11)57(43-50-27-18-15-19-28-50)68(100)85(8)45-59(93)80-55(35-33-51-32-34-53(54(76)42-51)75(77,78)79)67(99)92(40-26-31-60(94)83(5)6)73(105)82-74(36-22-23-37-74)72(104)90(13)65(52-29-20-16-21-30-52)71(103)89(12)58(69(101)91-38-24-17-25-39-91)44-61(95)87(10)56(41-48(2)3)66(98)81-64/h32,34,42,48-50,52,55-58,64-65H,14-31,33,35-41,43-47H2,1-13H3,(H,80,93)(H,81,98)(H,82,105)/t49-,55+,56-,57-,58-,64-,65?/m0/s1. The van der Waals surface area contributed by atoms with Gasteiger partial charge in [-0.1, -0.05) is 116 Å². The predicted molar refractivity (Wildman–Crippen MR) is 389 cm³/mol. The Kier molecular flexibility index (Phi) is 32.3. The van der Waals surface area contributed by atoms with Gasteiger partial charge in [-0.15, -0.1) is 0 Å². The molecule has 1 unspecified atom stereocenters. The quantitative estimate of drug-likeness (QED) is 0.165. The van der Waals surface area contributed by atoms with Crippen LogP contribution in [0.25, 0.3) is 0 Å². The lowest BCUT2D eigenvalue weighted by atomic mass is 9.81. The number of alkyl halides is 3. The summed E-state index contributed by atoms with van der Waals surface area (Å²) in [6.07, 6.45) is 4.82. The second kappa shape index (κ2) is 39.3. The minimum atomic E-state index is -4.81. The minimum Gasteiger partial charge on any atom is -0.349 e. The van der Waals surface area contributed by atoms with E-state index in [0.29, 0.717) is 70.9 Å². The molecule has 26 nitrogen and oxygen atoms in total. The van der Waals surface area contributed by atoms with Gasteiger partial charge in [0.1, 0.15) is 41.8 Å². The predicted octanol–water partition coefficient (Wildman–Crippen LogP) is 6.72. The number of nitrogens with one attached hydrogen (secondary N) is 3. The number of carbonyl (C=O) groups is 13. The van der Waals surface area contributed by atoms with E-state index in [9.17, 15) is 46.7 Å². The summed E-state index contributed by atoms with van der Waals surface area (Å²) in [5.41, 5.74) is -2.70. The normalized spacial score (nSPS) is 24.8. The SMILES string of the molecule is CC[C@H](C)[C@@H]1NC(=O)[C@H](CC(C)C)N(C)C(=O)C[C@@H](C(=O)N2CCCCC2)N(C)C(=O)C(C2CCCCC2)N(C)C(=O)C2(CCCC2)NC(=O)N(CCCC(=O)N(C)C)C(=O)[C@@H](CCc2ccc(C(F)(F)F)c(Cl)c2)NC(=O)CN(C)C(=O)[C@H](CC2CCCCC2)N(C)C(=O)CN(C)C(=O)CN(C)C1=O. The molecule has 5 fully saturated rings. The Balaban J connectivity index is 1.50. The maximum atomic E-state index is 15.9. The highest BCUT2D eigenvalue weighted by Gasteiger charge is 2.51. The van der Waals surface area contributed by atoms with Crippen LogP contribution in [0.1, 0.15) is 193 Å². The van der Waals surface area contributed by atoms with Crippen molar-refractivity contribution in [3.63, 3.8) is 0 Å². The molecule has 1 aromatic rings. The molecule has 105 heavy (non-hydrogen) atoms. The number of carbonyl (C=O) groups excluding carboxylic acids is 13. The van der Waals surface area contributed by atoms with E-state index >= 15 is 28.8 Å². The number of likely N-dealkylation sites (tertiary alicyclic amines) is 1. The summed E-state index contributed by atoms with van der Waals surface area (Å²) in [4.78, 5) is 206. The molecule has 2 heterocycles. The smallest absolute Gasteiger partial charge is 0.349 e. The zero-order valence-corrected chi connectivity index (χ0v) is 65.0. The van der Waals surface area contributed by atoms with Gasteiger partial charge in [0.25, 0.3) is 5.91 Å². The molecule has 7 atom stereocenters. The summed E-state index contributed by atoms with van der Waals surface area (Å²) >= 11 is 6.19. The van der Waals surface area contributed by atoms with Crippen molar-refractivity contribution < 1.29 is 75.5 Å². The van der Waals surface area contributed by atoms with Crippen LogP contribution in [-0.4, -0.2) is 270 Å². The highest BCUT2D eigenvalue weighted by Crippen LogP contribution is 2.38. The molecular weight excluding hydrogens is 1380 g/mol. The second-order valence-electron chi connectivity index (χ2n) is 30.8. The van der Waals surface area contributed by atoms with Crippen molar-refractivity contribution in [1.82, 2.24) is 64.9 Å². The second-order valence-corrected chi connectivity index (χ2v) is 31.2. The highest BCUT2D eigenvalue weighted by atomic mass is 35.5. The number of urea groups is 1. The lowest BCUT2D eigenvalue weighted by Gasteiger charge is -2.43. The van der Waals surface area contributed by atoms with Crippen LogP contribution in [0.5, 0.6) is 0 Å². The Labute approximate surface area is 623 Å². The first-order valence-electron chi connectivity index (χ1n) is 37.8. The number of amides is 14. The van der Waals surface area contributed by atoms with Crippen molar-refractivity contribution in [1.29, 1.82) is 0 Å². The first-order chi connectivity index (χ1) is 49.4. The zero-order chi connectivity index (χ0) is 77.9. The van der Waals surface area contributed by atoms with Crippen molar-refractivity contribution in [3.8, 4) is 0 Å². The summed E-state index contributed by atoms with van der Waals surface area (Å²) in [5.74, 6) is -9.43. The van der Waals surface area contributed by atoms with E-state index in [1.54, 1.807) is 11.8 Å². The van der Waals surface area contributed by atoms with E-state index in [0.717, 1.165) is 82.7 Å². The number of hydrogen-bond donors (Lipinski definition) is 3. The number of nitrogens with zero attached hydrogens (tertiary/aromatic N) is 10. The number of hydrogen-bond acceptors (Lipinski definition) is 13. The molecule has 588 valence electrons. The number of benzene rings is 1. The molecule has 5 aliphatic rings. The Morgan fingerprint density at radius 3 is 1.82 bits per heavy atom. The van der Waals surface area contributed by atoms with Crippen LogP contribution in [0, 0.1) is 23.7 Å². The van der Waals surface area contributed by atoms with Crippen molar-refractivity contribution >= 4 is 88.5 Å². The summed E-state index contributed by atoms with van der Waals surface area (Å²) in [6.45, 7) is 5.70. The number of rotatable bonds is 15. The average Bonchev–Trinajstić information content (AvgIpc) is 1.76. The molecule has 1 spiro atoms. The van der Waals surface area contributed by atoms with Gasteiger partial charge in [-0.2, -0.15) is 13.2 Å². The van der Waals surface area contributed by atoms with Gasteiger partial charge in [0.15, 0.2) is 0 Å². The fraction of sp³-hybridized carbons (Fsp3) is 0.747. The van der Waals surface area contributed by atoms with E-state index in [1.165, 1.54) is 87.9 Å². The third-order valence-electron chi connectivity index (χ3n) is 22.3. The summed E-state index contributed by atoms with van der Waals surface area (Å²) in [7, 11) is 12.8. The minimum absolute atomic E-state index is 0.0225. The van der Waals surface area contributed by atoms with Crippen LogP contribution in [0.4, 0.5) is 18.0 Å². The van der Waals surface area contributed by atoms with Crippen LogP contribution >= 0.6 is 11.6 Å². The van der Waals surface area contributed by atoms with Crippen LogP contribution in [0.15, 0.2) is 18.2 Å². The van der Waals surface area contributed by atoms with Crippen LogP contribution < -0.4 is 16.0 Å². The van der Waals surface area contributed by atoms with Gasteiger partial charge in [-0.3, -0.25) is 62.4 Å². The van der Waals surface area contributed by atoms with E-state index in [1.807, 2.05) is 20.8 Å². The number of halogens is 4. The Morgan fingerprint density at radius 1 is 0.657 bits per heavy atom. The molecule has 3 aliphatic carbocycles. The monoisotopic (exact) mass is 1500 g/mol. The summed E-state index contributed by atoms with van der Waals surface area (Å²) < 4.78 is 42.0. The summed E-state index contributed by atoms with van der Waals surface area (Å²) in [6, 6.07) is -6.13. The molecular formula is C75H117ClF3N13O13. The lowest BCUT2D eigenvalue weighted by molar-refractivity contribution is -0.156. The van der Waals surface area contributed by atoms with E-state index in [2.05, 4.69) is 16.0 Å². The first kappa shape index (κ1) is 86.3. The van der Waals surface area contributed by atoms with Gasteiger partial charge in [-0.25, -0.2) is 4.79 Å². The highest BCUT2D eigenvalue weighted by molar-refractivity contribution is 6.31. The number of aryl methyl sites for hydroxylation is 1. The molecule has 30 heteroatoms. The molecule has 3 saturated carbocycles. The van der Waals surface area contributed by atoms with Crippen molar-refractivity contribution in [2.24, 2.45) is 23.7 Å². The van der Waals surface area contributed by atoms with Crippen LogP contribution in [-0.2, 0) is 70.1 Å². The van der Waals surface area contributed by atoms with Crippen molar-refractivity contribution in [2.75, 3.05) is 103 Å². The van der Waals surface area contributed by atoms with Gasteiger partial charge in [0, 0.05) is 89.5 Å². The fourth-order valence-electron chi connectivity index (χ4n) is 15.4. The van der Waals surface area contributed by atoms with E-state index in [-0.39, 0.29) is 74.7 Å². The zero-order valence-electron chi connectivity index (χ0n) is 64.2. The Hall–Kier alpha value is -7.59. The average molecular weight is 1500 g/mol. The third kappa shape index (κ3) is 23.2. The Morgan fingerprint density at radius 2 is 1.24 bits per heavy atom. The summed E-state index contributed by atoms with van der Waals surface area (Å²) in [5, 5.41) is 7.87. The van der Waals surface area contributed by atoms with Gasteiger partial charge in [-0.05, 0) is 118 Å². The number of likely N-dealkylation sites (N-methyl/N-ethyl adjacent to an activating group) is 7. The van der Waals surface area contributed by atoms with Gasteiger partial charge < -0.3 is 60.0 Å². The lowest BCUT2D eigenvalue weighted by Crippen LogP contribution is -2.65. The molecule has 3 N–H and O–H groups in total. The maximum absolute atomic E-state index is 15.9. The molecule has 2 saturated heterocycles. The fourth-order valence-corrected chi connectivity index (χ4v) is 15.7. The molecule has 2 aliphatic heterocycles. The van der Waals surface area contributed by atoms with Gasteiger partial charge in [0.05, 0.1) is 36.6 Å². The van der Waals surface area contributed by atoms with Crippen molar-refractivity contribution in [2.45, 2.75) is 236 Å². The third-order valence-corrected chi connectivity index (χ3v) is 22.6.